The molecule has 7 rings (SSSR count). The molecule has 4 aromatic rings. The van der Waals surface area contributed by atoms with E-state index in [0.29, 0.717) is 16.7 Å². The van der Waals surface area contributed by atoms with Gasteiger partial charge in [0.25, 0.3) is 5.91 Å². The molecule has 3 fully saturated rings. The molecule has 4 atom stereocenters. The van der Waals surface area contributed by atoms with Crippen molar-refractivity contribution in [3.8, 4) is 10.4 Å². The Hall–Kier alpha value is -4.21. The molecule has 2 saturated heterocycles. The minimum atomic E-state index is -0.749. The van der Waals surface area contributed by atoms with Crippen LogP contribution in [0.25, 0.3) is 10.4 Å². The van der Waals surface area contributed by atoms with Gasteiger partial charge in [-0.05, 0) is 87.3 Å². The monoisotopic (exact) mass is 854 g/mol. The second-order valence-corrected chi connectivity index (χ2v) is 20.1. The molecule has 0 unspecified atom stereocenters. The first kappa shape index (κ1) is 43.9. The smallest absolute Gasteiger partial charge is 0.257 e. The lowest BCUT2D eigenvalue weighted by atomic mass is 9.83. The normalized spacial score (nSPS) is 22.8. The van der Waals surface area contributed by atoms with Crippen LogP contribution in [0.5, 0.6) is 0 Å². The van der Waals surface area contributed by atoms with Crippen molar-refractivity contribution in [1.29, 1.82) is 0 Å². The van der Waals surface area contributed by atoms with Gasteiger partial charge < -0.3 is 25.5 Å². The van der Waals surface area contributed by atoms with Gasteiger partial charge in [-0.25, -0.2) is 9.97 Å². The maximum absolute atomic E-state index is 14.5. The number of aliphatic hydroxyl groups excluding tert-OH is 1. The zero-order chi connectivity index (χ0) is 42.6. The van der Waals surface area contributed by atoms with Crippen LogP contribution in [0.1, 0.15) is 105 Å². The van der Waals surface area contributed by atoms with Crippen LogP contribution in [0.15, 0.2) is 60.2 Å². The number of carbonyl (C=O) groups excluding carboxylic acids is 3. The van der Waals surface area contributed by atoms with Crippen molar-refractivity contribution in [3.05, 3.63) is 81.9 Å². The Kier molecular flexibility index (Phi) is 14.1. The van der Waals surface area contributed by atoms with Crippen molar-refractivity contribution >= 4 is 51.2 Å². The summed E-state index contributed by atoms with van der Waals surface area (Å²) in [5, 5.41) is 21.2. The molecule has 0 bridgehead atoms. The van der Waals surface area contributed by atoms with Gasteiger partial charge in [0.05, 0.1) is 34.3 Å². The molecular formula is C46H62N8O4S2. The minimum Gasteiger partial charge on any atom is -0.391 e. The number of β-amino-alcohol motifs (C(OH)–C–C–N with tert-alkyl or cyclic N) is 1. The zero-order valence-electron chi connectivity index (χ0n) is 35.9. The molecule has 14 heteroatoms. The summed E-state index contributed by atoms with van der Waals surface area (Å²) in [5.41, 5.74) is 6.29. The summed E-state index contributed by atoms with van der Waals surface area (Å²) in [6, 6.07) is 15.3. The van der Waals surface area contributed by atoms with Crippen LogP contribution < -0.4 is 20.9 Å². The summed E-state index contributed by atoms with van der Waals surface area (Å²) in [5.74, 6) is -0.493. The summed E-state index contributed by atoms with van der Waals surface area (Å²) in [4.78, 5) is 58.5. The van der Waals surface area contributed by atoms with Crippen molar-refractivity contribution in [2.24, 2.45) is 5.41 Å². The van der Waals surface area contributed by atoms with Gasteiger partial charge >= 0.3 is 0 Å². The first-order chi connectivity index (χ1) is 28.7. The fourth-order valence-electron chi connectivity index (χ4n) is 9.07. The van der Waals surface area contributed by atoms with Gasteiger partial charge in [-0.3, -0.25) is 24.6 Å². The Morgan fingerprint density at radius 3 is 2.18 bits per heavy atom. The first-order valence-electron chi connectivity index (χ1n) is 21.6. The number of aliphatic hydroxyl groups is 1. The molecule has 4 heterocycles. The molecule has 60 heavy (non-hydrogen) atoms. The molecule has 4 N–H and O–H groups in total. The number of hydrogen-bond donors (Lipinski definition) is 4. The Labute approximate surface area is 363 Å². The van der Waals surface area contributed by atoms with Gasteiger partial charge in [-0.2, -0.15) is 0 Å². The number of hydrogen-bond acceptors (Lipinski definition) is 11. The van der Waals surface area contributed by atoms with E-state index in [1.165, 1.54) is 11.3 Å². The number of piperazine rings is 1. The van der Waals surface area contributed by atoms with Crippen LogP contribution in [-0.2, 0) is 9.59 Å². The molecule has 3 aliphatic rings. The minimum absolute atomic E-state index is 0.113. The van der Waals surface area contributed by atoms with Crippen LogP contribution in [0.3, 0.4) is 0 Å². The second-order valence-electron chi connectivity index (χ2n) is 18.0. The number of nitrogens with zero attached hydrogens (tertiary/aromatic N) is 5. The quantitative estimate of drug-likeness (QED) is 0.123. The van der Waals surface area contributed by atoms with Crippen molar-refractivity contribution in [3.63, 3.8) is 0 Å². The molecule has 2 aromatic carbocycles. The molecular weight excluding hydrogens is 793 g/mol. The van der Waals surface area contributed by atoms with E-state index < -0.39 is 23.6 Å². The Morgan fingerprint density at radius 2 is 1.58 bits per heavy atom. The molecule has 0 radical (unpaired) electrons. The van der Waals surface area contributed by atoms with Gasteiger partial charge in [0.15, 0.2) is 5.13 Å². The van der Waals surface area contributed by atoms with E-state index in [1.54, 1.807) is 22.4 Å². The van der Waals surface area contributed by atoms with Crippen LogP contribution >= 0.6 is 22.7 Å². The van der Waals surface area contributed by atoms with Gasteiger partial charge in [0, 0.05) is 73.6 Å². The molecule has 3 amide bonds. The first-order valence-corrected chi connectivity index (χ1v) is 23.3. The van der Waals surface area contributed by atoms with E-state index in [-0.39, 0.29) is 42.8 Å². The average molecular weight is 855 g/mol. The number of aryl methyl sites for hydroxylation is 2. The van der Waals surface area contributed by atoms with Crippen LogP contribution in [0, 0.1) is 19.3 Å². The lowest BCUT2D eigenvalue weighted by Gasteiger charge is -2.42. The highest BCUT2D eigenvalue weighted by Gasteiger charge is 2.45. The Bertz CT molecular complexity index is 2060. The number of anilines is 2. The maximum Gasteiger partial charge on any atom is 0.257 e. The van der Waals surface area contributed by atoms with Gasteiger partial charge in [0.1, 0.15) is 6.04 Å². The number of benzene rings is 2. The topological polar surface area (TPSA) is 143 Å². The number of amides is 3. The predicted molar refractivity (Wildman–Crippen MR) is 242 cm³/mol. The van der Waals surface area contributed by atoms with E-state index in [1.807, 2.05) is 62.7 Å². The van der Waals surface area contributed by atoms with E-state index in [9.17, 15) is 19.5 Å². The van der Waals surface area contributed by atoms with Crippen molar-refractivity contribution in [1.82, 2.24) is 30.4 Å². The van der Waals surface area contributed by atoms with Crippen LogP contribution in [0.2, 0.25) is 0 Å². The third-order valence-corrected chi connectivity index (χ3v) is 14.3. The van der Waals surface area contributed by atoms with Crippen molar-refractivity contribution in [2.45, 2.75) is 123 Å². The number of aromatic nitrogens is 2. The third-order valence-electron chi connectivity index (χ3n) is 12.5. The third kappa shape index (κ3) is 10.6. The molecule has 0 spiro atoms. The van der Waals surface area contributed by atoms with Gasteiger partial charge in [0.2, 0.25) is 11.8 Å². The lowest BCUT2D eigenvalue weighted by Crippen LogP contribution is -2.58. The molecule has 2 aliphatic heterocycles. The maximum atomic E-state index is 14.5. The zero-order valence-corrected chi connectivity index (χ0v) is 37.6. The largest absolute Gasteiger partial charge is 0.391 e. The molecule has 12 nitrogen and oxygen atoms in total. The van der Waals surface area contributed by atoms with E-state index in [4.69, 9.17) is 0 Å². The summed E-state index contributed by atoms with van der Waals surface area (Å²) < 4.78 is 0. The lowest BCUT2D eigenvalue weighted by molar-refractivity contribution is -0.142. The highest BCUT2D eigenvalue weighted by molar-refractivity contribution is 7.15. The van der Waals surface area contributed by atoms with Crippen LogP contribution in [-0.4, -0.2) is 106 Å². The number of likely N-dealkylation sites (tertiary alicyclic amines) is 1. The van der Waals surface area contributed by atoms with Gasteiger partial charge in [-0.1, -0.05) is 57.9 Å². The molecule has 1 aliphatic carbocycles. The Morgan fingerprint density at radius 1 is 0.900 bits per heavy atom. The molecule has 322 valence electrons. The highest BCUT2D eigenvalue weighted by Crippen LogP contribution is 2.32. The van der Waals surface area contributed by atoms with E-state index in [2.05, 4.69) is 68.6 Å². The Balaban J connectivity index is 0.888. The fraction of sp³-hybridized carbons (Fsp3) is 0.543. The van der Waals surface area contributed by atoms with E-state index in [0.717, 1.165) is 97.0 Å². The fourth-order valence-corrected chi connectivity index (χ4v) is 10.5. The summed E-state index contributed by atoms with van der Waals surface area (Å²) >= 11 is 3.08. The SMILES string of the molecule is Cc1cnc(NC(=O)c2ccc(N3CCN(C4CCCC(N[C@H](C(=O)N5C[C@H](O)C[C@H]5C(=O)N[C@@H](C)c5ccc(-c6scnc6C)cc5)C(C)(C)C)CCC4)CC3)cc2)s1. The van der Waals surface area contributed by atoms with Gasteiger partial charge in [-0.15, -0.1) is 22.7 Å². The number of rotatable bonds is 11. The number of nitrogens with one attached hydrogen (secondary N) is 3. The summed E-state index contributed by atoms with van der Waals surface area (Å²) in [6.07, 6.45) is 7.62. The molecule has 2 aromatic heterocycles. The second kappa shape index (κ2) is 19.2. The van der Waals surface area contributed by atoms with Crippen molar-refractivity contribution < 1.29 is 19.5 Å². The van der Waals surface area contributed by atoms with Crippen molar-refractivity contribution in [2.75, 3.05) is 42.9 Å². The standard InChI is InChI=1S/C46H62N8O4S2/c1-29-26-47-45(60-29)51-42(56)34-17-19-37(20-18-34)53-23-21-52(22-24-53)36-11-7-9-35(10-8-12-36)50-41(46(4,5)6)44(58)54-27-38(55)25-39(54)43(57)49-30(2)32-13-15-33(16-14-32)40-31(3)48-28-59-40/h13-20,26,28,30,35-36,38-39,41,50,55H,7-12,21-25,27H2,1-6H3,(H,49,57)(H,47,51,56)/t30-,35?,36?,38+,39-,41+/m0/s1. The molecule has 1 saturated carbocycles. The summed E-state index contributed by atoms with van der Waals surface area (Å²) in [6.45, 7) is 16.2. The summed E-state index contributed by atoms with van der Waals surface area (Å²) in [7, 11) is 0. The van der Waals surface area contributed by atoms with E-state index >= 15 is 0 Å². The number of carbonyl (C=O) groups is 3. The van der Waals surface area contributed by atoms with Crippen LogP contribution in [0.4, 0.5) is 10.8 Å². The number of thiazole rings is 2. The highest BCUT2D eigenvalue weighted by atomic mass is 32.1. The average Bonchev–Trinajstić information content (AvgIpc) is 3.96. The predicted octanol–water partition coefficient (Wildman–Crippen LogP) is 7.19.